The second-order valence-corrected chi connectivity index (χ2v) is 12.1. The van der Waals surface area contributed by atoms with Crippen LogP contribution in [0.4, 0.5) is 5.69 Å². The Morgan fingerprint density at radius 1 is 1.09 bits per heavy atom. The zero-order valence-electron chi connectivity index (χ0n) is 20.6. The fourth-order valence-electron chi connectivity index (χ4n) is 3.55. The van der Waals surface area contributed by atoms with Crippen molar-refractivity contribution in [3.05, 3.63) is 64.1 Å². The molecule has 0 aliphatic carbocycles. The number of rotatable bonds is 9. The summed E-state index contributed by atoms with van der Waals surface area (Å²) in [6.45, 7) is 9.09. The molecule has 34 heavy (non-hydrogen) atoms. The zero-order chi connectivity index (χ0) is 25.7. The van der Waals surface area contributed by atoms with Crippen molar-refractivity contribution in [2.75, 3.05) is 17.1 Å². The highest BCUT2D eigenvalue weighted by atomic mass is 79.9. The number of nitrogens with one attached hydrogen (secondary N) is 1. The maximum absolute atomic E-state index is 13.6. The lowest BCUT2D eigenvalue weighted by atomic mass is 10.1. The van der Waals surface area contributed by atoms with E-state index in [0.717, 1.165) is 26.2 Å². The standard InChI is InChI=1S/C25H34BrN3O4S/c1-7-22(24(31)27-25(3,4)5)28(16-19-11-9-8-10-12-19)23(30)17-29(34(6,32)33)20-13-14-21(26)18(2)15-20/h8-15,22H,7,16-17H2,1-6H3,(H,27,31)/t22-/m1/s1. The van der Waals surface area contributed by atoms with Gasteiger partial charge in [-0.1, -0.05) is 53.2 Å². The van der Waals surface area contributed by atoms with Crippen LogP contribution in [0.1, 0.15) is 45.2 Å². The van der Waals surface area contributed by atoms with Crippen molar-refractivity contribution in [3.63, 3.8) is 0 Å². The highest BCUT2D eigenvalue weighted by Crippen LogP contribution is 2.25. The largest absolute Gasteiger partial charge is 0.350 e. The predicted octanol–water partition coefficient (Wildman–Crippen LogP) is 4.25. The van der Waals surface area contributed by atoms with Gasteiger partial charge in [-0.2, -0.15) is 0 Å². The summed E-state index contributed by atoms with van der Waals surface area (Å²) in [5.74, 6) is -0.726. The molecule has 0 saturated heterocycles. The maximum atomic E-state index is 13.6. The molecule has 186 valence electrons. The highest BCUT2D eigenvalue weighted by molar-refractivity contribution is 9.10. The van der Waals surface area contributed by atoms with E-state index >= 15 is 0 Å². The Morgan fingerprint density at radius 2 is 1.71 bits per heavy atom. The Morgan fingerprint density at radius 3 is 2.21 bits per heavy atom. The van der Waals surface area contributed by atoms with Crippen LogP contribution in [-0.4, -0.2) is 49.5 Å². The van der Waals surface area contributed by atoms with Gasteiger partial charge in [0.1, 0.15) is 12.6 Å². The molecule has 0 aliphatic rings. The summed E-state index contributed by atoms with van der Waals surface area (Å²) in [5, 5.41) is 2.95. The van der Waals surface area contributed by atoms with E-state index in [9.17, 15) is 18.0 Å². The van der Waals surface area contributed by atoms with Crippen LogP contribution in [0.3, 0.4) is 0 Å². The summed E-state index contributed by atoms with van der Waals surface area (Å²) < 4.78 is 27.3. The van der Waals surface area contributed by atoms with Crippen LogP contribution in [0, 0.1) is 6.92 Å². The lowest BCUT2D eigenvalue weighted by Crippen LogP contribution is -2.55. The number of nitrogens with zero attached hydrogens (tertiary/aromatic N) is 2. The molecule has 2 amide bonds. The minimum Gasteiger partial charge on any atom is -0.350 e. The van der Waals surface area contributed by atoms with Crippen LogP contribution in [0.25, 0.3) is 0 Å². The number of hydrogen-bond acceptors (Lipinski definition) is 4. The van der Waals surface area contributed by atoms with Gasteiger partial charge in [-0.25, -0.2) is 8.42 Å². The van der Waals surface area contributed by atoms with Gasteiger partial charge in [0.05, 0.1) is 11.9 Å². The molecule has 7 nitrogen and oxygen atoms in total. The second-order valence-electron chi connectivity index (χ2n) is 9.37. The predicted molar refractivity (Wildman–Crippen MR) is 140 cm³/mol. The molecule has 2 rings (SSSR count). The Bertz CT molecular complexity index is 1110. The van der Waals surface area contributed by atoms with Gasteiger partial charge in [0.2, 0.25) is 21.8 Å². The van der Waals surface area contributed by atoms with Crippen LogP contribution >= 0.6 is 15.9 Å². The van der Waals surface area contributed by atoms with Gasteiger partial charge < -0.3 is 10.2 Å². The molecule has 0 heterocycles. The number of carbonyl (C=O) groups is 2. The summed E-state index contributed by atoms with van der Waals surface area (Å²) in [5.41, 5.74) is 1.61. The summed E-state index contributed by atoms with van der Waals surface area (Å²) in [4.78, 5) is 28.2. The quantitative estimate of drug-likeness (QED) is 0.504. The van der Waals surface area contributed by atoms with Gasteiger partial charge >= 0.3 is 0 Å². The lowest BCUT2D eigenvalue weighted by Gasteiger charge is -2.34. The lowest BCUT2D eigenvalue weighted by molar-refractivity contribution is -0.141. The van der Waals surface area contributed by atoms with E-state index in [1.165, 1.54) is 4.90 Å². The molecule has 2 aromatic carbocycles. The summed E-state index contributed by atoms with van der Waals surface area (Å²) in [6.07, 6.45) is 1.46. The Hall–Kier alpha value is -2.39. The monoisotopic (exact) mass is 551 g/mol. The summed E-state index contributed by atoms with van der Waals surface area (Å²) in [7, 11) is -3.76. The Kier molecular flexibility index (Phi) is 9.30. The van der Waals surface area contributed by atoms with E-state index in [1.54, 1.807) is 18.2 Å². The molecule has 0 bridgehead atoms. The third kappa shape index (κ3) is 7.84. The molecule has 0 aromatic heterocycles. The fourth-order valence-corrected chi connectivity index (χ4v) is 4.64. The van der Waals surface area contributed by atoms with Crippen molar-refractivity contribution in [3.8, 4) is 0 Å². The van der Waals surface area contributed by atoms with Crippen molar-refractivity contribution in [2.45, 2.75) is 59.2 Å². The molecule has 0 fully saturated rings. The van der Waals surface area contributed by atoms with Gasteiger partial charge in [-0.05, 0) is 63.4 Å². The van der Waals surface area contributed by atoms with E-state index < -0.39 is 34.1 Å². The number of halogens is 1. The number of carbonyl (C=O) groups excluding carboxylic acids is 2. The summed E-state index contributed by atoms with van der Waals surface area (Å²) >= 11 is 3.42. The number of sulfonamides is 1. The minimum atomic E-state index is -3.76. The molecule has 1 atom stereocenters. The minimum absolute atomic E-state index is 0.187. The molecular formula is C25H34BrN3O4S. The molecule has 1 N–H and O–H groups in total. The van der Waals surface area contributed by atoms with Crippen LogP contribution in [0.2, 0.25) is 0 Å². The van der Waals surface area contributed by atoms with Crippen molar-refractivity contribution >= 4 is 43.5 Å². The van der Waals surface area contributed by atoms with Gasteiger partial charge in [0, 0.05) is 16.6 Å². The molecule has 0 unspecified atom stereocenters. The first-order valence-electron chi connectivity index (χ1n) is 11.1. The average molecular weight is 553 g/mol. The fraction of sp³-hybridized carbons (Fsp3) is 0.440. The molecule has 9 heteroatoms. The first kappa shape index (κ1) is 27.9. The van der Waals surface area contributed by atoms with Gasteiger partial charge in [0.25, 0.3) is 0 Å². The topological polar surface area (TPSA) is 86.8 Å². The molecule has 0 aliphatic heterocycles. The third-order valence-corrected chi connectivity index (χ3v) is 7.22. The van der Waals surface area contributed by atoms with E-state index in [1.807, 2.05) is 65.0 Å². The van der Waals surface area contributed by atoms with Crippen molar-refractivity contribution < 1.29 is 18.0 Å². The third-order valence-electron chi connectivity index (χ3n) is 5.19. The van der Waals surface area contributed by atoms with E-state index in [2.05, 4.69) is 21.2 Å². The number of aryl methyl sites for hydroxylation is 1. The Balaban J connectivity index is 2.45. The Labute approximate surface area is 211 Å². The van der Waals surface area contributed by atoms with E-state index in [0.29, 0.717) is 12.1 Å². The van der Waals surface area contributed by atoms with Crippen LogP contribution in [0.15, 0.2) is 53.0 Å². The number of anilines is 1. The normalized spacial score (nSPS) is 12.7. The number of benzene rings is 2. The molecule has 0 radical (unpaired) electrons. The van der Waals surface area contributed by atoms with Gasteiger partial charge in [-0.3, -0.25) is 13.9 Å². The number of hydrogen-bond donors (Lipinski definition) is 1. The highest BCUT2D eigenvalue weighted by Gasteiger charge is 2.33. The molecule has 0 saturated carbocycles. The summed E-state index contributed by atoms with van der Waals surface area (Å²) in [6, 6.07) is 13.7. The molecule has 2 aromatic rings. The van der Waals surface area contributed by atoms with Crippen molar-refractivity contribution in [2.24, 2.45) is 0 Å². The van der Waals surface area contributed by atoms with E-state index in [4.69, 9.17) is 0 Å². The molecular weight excluding hydrogens is 518 g/mol. The molecule has 0 spiro atoms. The average Bonchev–Trinajstić information content (AvgIpc) is 2.72. The first-order chi connectivity index (χ1) is 15.7. The van der Waals surface area contributed by atoms with Crippen molar-refractivity contribution in [1.29, 1.82) is 0 Å². The maximum Gasteiger partial charge on any atom is 0.244 e. The smallest absolute Gasteiger partial charge is 0.244 e. The van der Waals surface area contributed by atoms with Crippen LogP contribution < -0.4 is 9.62 Å². The van der Waals surface area contributed by atoms with E-state index in [-0.39, 0.29) is 12.5 Å². The number of amides is 2. The van der Waals surface area contributed by atoms with Gasteiger partial charge in [0.15, 0.2) is 0 Å². The van der Waals surface area contributed by atoms with Crippen LogP contribution in [0.5, 0.6) is 0 Å². The zero-order valence-corrected chi connectivity index (χ0v) is 23.0. The van der Waals surface area contributed by atoms with Crippen LogP contribution in [-0.2, 0) is 26.2 Å². The second kappa shape index (κ2) is 11.4. The SMILES string of the molecule is CC[C@H](C(=O)NC(C)(C)C)N(Cc1ccccc1)C(=O)CN(c1ccc(Br)c(C)c1)S(C)(=O)=O. The first-order valence-corrected chi connectivity index (χ1v) is 13.8. The van der Waals surface area contributed by atoms with Gasteiger partial charge in [-0.15, -0.1) is 0 Å². The van der Waals surface area contributed by atoms with Crippen molar-refractivity contribution in [1.82, 2.24) is 10.2 Å².